The van der Waals surface area contributed by atoms with Crippen LogP contribution < -0.4 is 5.73 Å². The zero-order valence-electron chi connectivity index (χ0n) is 6.65. The van der Waals surface area contributed by atoms with Crippen LogP contribution in [0.2, 0.25) is 0 Å². The van der Waals surface area contributed by atoms with Gasteiger partial charge < -0.3 is 10.5 Å². The van der Waals surface area contributed by atoms with Gasteiger partial charge in [-0.05, 0) is 19.3 Å². The molecule has 2 rings (SSSR count). The summed E-state index contributed by atoms with van der Waals surface area (Å²) in [4.78, 5) is 11.2. The first-order chi connectivity index (χ1) is 5.86. The van der Waals surface area contributed by atoms with E-state index in [1.165, 1.54) is 0 Å². The van der Waals surface area contributed by atoms with E-state index in [0.29, 0.717) is 12.8 Å². The number of alkyl halides is 3. The number of amides is 1. The lowest BCUT2D eigenvalue weighted by Crippen LogP contribution is -2.52. The minimum Gasteiger partial charge on any atom is -0.367 e. The van der Waals surface area contributed by atoms with Gasteiger partial charge in [-0.2, -0.15) is 0 Å². The Morgan fingerprint density at radius 2 is 1.92 bits per heavy atom. The molecule has 0 unspecified atom stereocenters. The summed E-state index contributed by atoms with van der Waals surface area (Å²) in [5.74, 6) is -0.688. The predicted molar refractivity (Wildman–Crippen MR) is 49.9 cm³/mol. The van der Waals surface area contributed by atoms with E-state index in [1.807, 2.05) is 0 Å². The molecule has 1 amide bonds. The molecule has 6 heteroatoms. The van der Waals surface area contributed by atoms with Gasteiger partial charge in [0.25, 0.3) is 5.91 Å². The van der Waals surface area contributed by atoms with Crippen LogP contribution in [0, 0.1) is 0 Å². The van der Waals surface area contributed by atoms with E-state index in [4.69, 9.17) is 45.3 Å². The standard InChI is InChI=1S/C7H8Cl3NO2/c8-5(9)2-1-3-6(10)7(5,13-6)4(11)12/h1-3H2,(H2,11,12)/t6-,7-/m1/s1. The van der Waals surface area contributed by atoms with E-state index < -0.39 is 20.9 Å². The van der Waals surface area contributed by atoms with Crippen LogP contribution in [0.1, 0.15) is 19.3 Å². The first-order valence-corrected chi connectivity index (χ1v) is 5.06. The van der Waals surface area contributed by atoms with Gasteiger partial charge in [-0.1, -0.05) is 34.8 Å². The molecule has 13 heavy (non-hydrogen) atoms. The monoisotopic (exact) mass is 243 g/mol. The molecule has 0 aromatic heterocycles. The normalized spacial score (nSPS) is 46.7. The Morgan fingerprint density at radius 3 is 2.31 bits per heavy atom. The molecule has 1 aliphatic heterocycles. The summed E-state index contributed by atoms with van der Waals surface area (Å²) in [7, 11) is 0. The quantitative estimate of drug-likeness (QED) is 0.562. The number of epoxide rings is 1. The van der Waals surface area contributed by atoms with Crippen molar-refractivity contribution in [3.8, 4) is 0 Å². The van der Waals surface area contributed by atoms with E-state index >= 15 is 0 Å². The second kappa shape index (κ2) is 2.45. The molecule has 0 bridgehead atoms. The number of ether oxygens (including phenoxy) is 1. The molecular formula is C7H8Cl3NO2. The largest absolute Gasteiger partial charge is 0.367 e. The van der Waals surface area contributed by atoms with Crippen LogP contribution in [0.25, 0.3) is 0 Å². The van der Waals surface area contributed by atoms with Crippen molar-refractivity contribution in [2.75, 3.05) is 0 Å². The average Bonchev–Trinajstić information content (AvgIpc) is 2.58. The maximum Gasteiger partial charge on any atom is 0.257 e. The highest BCUT2D eigenvalue weighted by molar-refractivity contribution is 6.52. The minimum absolute atomic E-state index is 0.466. The van der Waals surface area contributed by atoms with Crippen LogP contribution in [0.3, 0.4) is 0 Å². The van der Waals surface area contributed by atoms with Gasteiger partial charge in [0.15, 0.2) is 9.39 Å². The maximum atomic E-state index is 11.2. The molecule has 2 fully saturated rings. The number of hydrogen-bond donors (Lipinski definition) is 1. The lowest BCUT2D eigenvalue weighted by atomic mass is 9.87. The predicted octanol–water partition coefficient (Wildman–Crippen LogP) is 1.53. The highest BCUT2D eigenvalue weighted by Gasteiger charge is 2.83. The summed E-state index contributed by atoms with van der Waals surface area (Å²) in [5, 5.41) is -1.07. The molecular weight excluding hydrogens is 236 g/mol. The smallest absolute Gasteiger partial charge is 0.257 e. The van der Waals surface area contributed by atoms with Gasteiger partial charge in [0.05, 0.1) is 0 Å². The molecule has 1 heterocycles. The molecule has 1 aliphatic carbocycles. The van der Waals surface area contributed by atoms with E-state index in [2.05, 4.69) is 0 Å². The fraction of sp³-hybridized carbons (Fsp3) is 0.857. The molecule has 3 nitrogen and oxygen atoms in total. The summed E-state index contributed by atoms with van der Waals surface area (Å²) in [6, 6.07) is 0. The first-order valence-electron chi connectivity index (χ1n) is 3.93. The minimum atomic E-state index is -1.39. The van der Waals surface area contributed by atoms with Gasteiger partial charge >= 0.3 is 0 Å². The van der Waals surface area contributed by atoms with Gasteiger partial charge in [-0.15, -0.1) is 0 Å². The van der Waals surface area contributed by atoms with Gasteiger partial charge in [-0.25, -0.2) is 0 Å². The Balaban J connectivity index is 2.41. The zero-order valence-corrected chi connectivity index (χ0v) is 8.92. The Labute approximate surface area is 90.4 Å². The SMILES string of the molecule is NC(=O)[C@]12O[C@]1(Cl)CCCC2(Cl)Cl. The van der Waals surface area contributed by atoms with Crippen LogP contribution in [-0.2, 0) is 9.53 Å². The van der Waals surface area contributed by atoms with Crippen molar-refractivity contribution in [2.45, 2.75) is 34.3 Å². The number of primary amides is 1. The molecule has 0 aromatic carbocycles. The van der Waals surface area contributed by atoms with Crippen molar-refractivity contribution in [1.82, 2.24) is 0 Å². The molecule has 1 saturated heterocycles. The van der Waals surface area contributed by atoms with Crippen molar-refractivity contribution in [3.05, 3.63) is 0 Å². The molecule has 74 valence electrons. The van der Waals surface area contributed by atoms with Gasteiger partial charge in [0.1, 0.15) is 0 Å². The molecule has 0 aromatic rings. The Morgan fingerprint density at radius 1 is 1.31 bits per heavy atom. The molecule has 2 aliphatic rings. The summed E-state index contributed by atoms with van der Waals surface area (Å²) in [6.07, 6.45) is 1.75. The third-order valence-corrected chi connectivity index (χ3v) is 4.09. The lowest BCUT2D eigenvalue weighted by molar-refractivity contribution is -0.123. The maximum absolute atomic E-state index is 11.2. The Kier molecular flexibility index (Phi) is 1.86. The van der Waals surface area contributed by atoms with Crippen molar-refractivity contribution in [3.63, 3.8) is 0 Å². The van der Waals surface area contributed by atoms with Gasteiger partial charge in [0, 0.05) is 0 Å². The van der Waals surface area contributed by atoms with Crippen molar-refractivity contribution in [1.29, 1.82) is 0 Å². The number of rotatable bonds is 1. The second-order valence-electron chi connectivity index (χ2n) is 3.43. The number of carbonyl (C=O) groups excluding carboxylic acids is 1. The molecule has 0 radical (unpaired) electrons. The van der Waals surface area contributed by atoms with E-state index in [-0.39, 0.29) is 0 Å². The van der Waals surface area contributed by atoms with Crippen LogP contribution in [0.4, 0.5) is 0 Å². The number of carbonyl (C=O) groups is 1. The first kappa shape index (κ1) is 9.84. The zero-order chi connectivity index (χ0) is 9.91. The Bertz CT molecular complexity index is 283. The van der Waals surface area contributed by atoms with E-state index in [1.54, 1.807) is 0 Å². The summed E-state index contributed by atoms with van der Waals surface area (Å²) in [6.45, 7) is 0. The van der Waals surface area contributed by atoms with Gasteiger partial charge in [-0.3, -0.25) is 4.79 Å². The topological polar surface area (TPSA) is 55.6 Å². The van der Waals surface area contributed by atoms with Crippen LogP contribution in [-0.4, -0.2) is 20.9 Å². The number of fused-ring (bicyclic) bond motifs is 1. The van der Waals surface area contributed by atoms with Crippen molar-refractivity contribution < 1.29 is 9.53 Å². The van der Waals surface area contributed by atoms with Crippen LogP contribution in [0.5, 0.6) is 0 Å². The van der Waals surface area contributed by atoms with Crippen molar-refractivity contribution >= 4 is 40.7 Å². The average molecular weight is 245 g/mol. The third kappa shape index (κ3) is 0.990. The number of hydrogen-bond acceptors (Lipinski definition) is 2. The Hall–Kier alpha value is 0.300. The number of nitrogens with two attached hydrogens (primary N) is 1. The third-order valence-electron chi connectivity index (χ3n) is 2.65. The highest BCUT2D eigenvalue weighted by atomic mass is 35.5. The fourth-order valence-electron chi connectivity index (χ4n) is 1.92. The van der Waals surface area contributed by atoms with Crippen LogP contribution >= 0.6 is 34.8 Å². The highest BCUT2D eigenvalue weighted by Crippen LogP contribution is 2.67. The fourth-order valence-corrected chi connectivity index (χ4v) is 3.36. The van der Waals surface area contributed by atoms with Crippen molar-refractivity contribution in [2.24, 2.45) is 5.73 Å². The molecule has 2 atom stereocenters. The summed E-state index contributed by atoms with van der Waals surface area (Å²) in [5.41, 5.74) is 3.80. The molecule has 2 N–H and O–H groups in total. The molecule has 1 saturated carbocycles. The molecule has 0 spiro atoms. The van der Waals surface area contributed by atoms with Crippen LogP contribution in [0.15, 0.2) is 0 Å². The summed E-state index contributed by atoms with van der Waals surface area (Å²) < 4.78 is 3.86. The van der Waals surface area contributed by atoms with E-state index in [0.717, 1.165) is 6.42 Å². The lowest BCUT2D eigenvalue weighted by Gasteiger charge is -2.30. The second-order valence-corrected chi connectivity index (χ2v) is 5.53. The number of halogens is 3. The van der Waals surface area contributed by atoms with E-state index in [9.17, 15) is 4.79 Å². The van der Waals surface area contributed by atoms with Gasteiger partial charge in [0.2, 0.25) is 5.60 Å². The summed E-state index contributed by atoms with van der Waals surface area (Å²) >= 11 is 17.9.